The van der Waals surface area contributed by atoms with Crippen molar-refractivity contribution in [2.75, 3.05) is 20.3 Å². The number of hydrogen-bond acceptors (Lipinski definition) is 3. The lowest BCUT2D eigenvalue weighted by Crippen LogP contribution is -2.16. The van der Waals surface area contributed by atoms with Gasteiger partial charge in [0, 0.05) is 37.6 Å². The van der Waals surface area contributed by atoms with Gasteiger partial charge in [0.25, 0.3) is 0 Å². The number of aromatic nitrogens is 2. The molecule has 0 aliphatic rings. The minimum atomic E-state index is 0.390. The lowest BCUT2D eigenvalue weighted by Gasteiger charge is -2.14. The average Bonchev–Trinajstić information content (AvgIpc) is 2.78. The van der Waals surface area contributed by atoms with Crippen LogP contribution in [-0.2, 0) is 11.3 Å². The van der Waals surface area contributed by atoms with Crippen LogP contribution in [0.2, 0.25) is 0 Å². The van der Waals surface area contributed by atoms with Gasteiger partial charge in [-0.05, 0) is 33.2 Å². The second kappa shape index (κ2) is 8.25. The van der Waals surface area contributed by atoms with Crippen molar-refractivity contribution in [2.24, 2.45) is 0 Å². The Bertz CT molecular complexity index is 299. The molecule has 0 saturated heterocycles. The normalized spacial score (nSPS) is 12.9. The van der Waals surface area contributed by atoms with Crippen LogP contribution in [0.15, 0.2) is 12.4 Å². The Morgan fingerprint density at radius 1 is 1.47 bits per heavy atom. The lowest BCUT2D eigenvalue weighted by molar-refractivity contribution is 0.141. The summed E-state index contributed by atoms with van der Waals surface area (Å²) in [7, 11) is 2.00. The second-order valence-corrected chi connectivity index (χ2v) is 4.22. The van der Waals surface area contributed by atoms with Crippen LogP contribution < -0.4 is 5.32 Å². The summed E-state index contributed by atoms with van der Waals surface area (Å²) >= 11 is 0. The van der Waals surface area contributed by atoms with E-state index in [0.717, 1.165) is 39.0 Å². The predicted molar refractivity (Wildman–Crippen MR) is 70.0 cm³/mol. The van der Waals surface area contributed by atoms with Crippen molar-refractivity contribution < 1.29 is 4.74 Å². The van der Waals surface area contributed by atoms with Crippen molar-refractivity contribution >= 4 is 0 Å². The van der Waals surface area contributed by atoms with Crippen LogP contribution in [0.4, 0.5) is 0 Å². The van der Waals surface area contributed by atoms with E-state index in [1.54, 1.807) is 0 Å². The van der Waals surface area contributed by atoms with Crippen molar-refractivity contribution in [3.05, 3.63) is 18.0 Å². The van der Waals surface area contributed by atoms with Gasteiger partial charge in [0.2, 0.25) is 0 Å². The Morgan fingerprint density at radius 3 is 2.94 bits per heavy atom. The highest BCUT2D eigenvalue weighted by atomic mass is 16.5. The molecule has 0 aromatic carbocycles. The van der Waals surface area contributed by atoms with Gasteiger partial charge in [0.15, 0.2) is 0 Å². The van der Waals surface area contributed by atoms with Crippen molar-refractivity contribution in [3.63, 3.8) is 0 Å². The molecule has 1 heterocycles. The lowest BCUT2D eigenvalue weighted by atomic mass is 10.1. The number of nitrogens with zero attached hydrogens (tertiary/aromatic N) is 2. The van der Waals surface area contributed by atoms with Crippen LogP contribution in [-0.4, -0.2) is 30.0 Å². The Hall–Kier alpha value is -0.870. The van der Waals surface area contributed by atoms with E-state index in [-0.39, 0.29) is 0 Å². The summed E-state index contributed by atoms with van der Waals surface area (Å²) in [6.07, 6.45) is 7.41. The second-order valence-electron chi connectivity index (χ2n) is 4.22. The first-order valence-corrected chi connectivity index (χ1v) is 6.59. The zero-order valence-electron chi connectivity index (χ0n) is 11.3. The molecule has 0 spiro atoms. The summed E-state index contributed by atoms with van der Waals surface area (Å²) in [6.45, 7) is 6.84. The van der Waals surface area contributed by atoms with Crippen LogP contribution in [0.25, 0.3) is 0 Å². The molecule has 1 aromatic heterocycles. The minimum Gasteiger partial charge on any atom is -0.382 e. The number of nitrogens with one attached hydrogen (secondary N) is 1. The quantitative estimate of drug-likeness (QED) is 0.672. The van der Waals surface area contributed by atoms with Crippen LogP contribution in [0.1, 0.15) is 44.7 Å². The van der Waals surface area contributed by atoms with Crippen molar-refractivity contribution in [1.29, 1.82) is 0 Å². The molecule has 0 radical (unpaired) electrons. The van der Waals surface area contributed by atoms with Gasteiger partial charge in [-0.25, -0.2) is 0 Å². The topological polar surface area (TPSA) is 39.1 Å². The van der Waals surface area contributed by atoms with Gasteiger partial charge in [0.05, 0.1) is 6.20 Å². The maximum absolute atomic E-state index is 5.36. The summed E-state index contributed by atoms with van der Waals surface area (Å²) in [6, 6.07) is 0.390. The Labute approximate surface area is 104 Å². The van der Waals surface area contributed by atoms with E-state index in [1.165, 1.54) is 5.56 Å². The highest BCUT2D eigenvalue weighted by molar-refractivity contribution is 5.10. The number of aryl methyl sites for hydroxylation is 1. The molecule has 98 valence electrons. The van der Waals surface area contributed by atoms with Crippen LogP contribution in [0.3, 0.4) is 0 Å². The molecule has 0 aliphatic heterocycles. The van der Waals surface area contributed by atoms with Gasteiger partial charge < -0.3 is 10.1 Å². The van der Waals surface area contributed by atoms with Gasteiger partial charge in [-0.2, -0.15) is 5.10 Å². The van der Waals surface area contributed by atoms with E-state index in [9.17, 15) is 0 Å². The van der Waals surface area contributed by atoms with E-state index >= 15 is 0 Å². The van der Waals surface area contributed by atoms with Crippen LogP contribution >= 0.6 is 0 Å². The first-order chi connectivity index (χ1) is 8.31. The molecule has 0 fully saturated rings. The maximum Gasteiger partial charge on any atom is 0.0537 e. The average molecular weight is 239 g/mol. The van der Waals surface area contributed by atoms with Gasteiger partial charge in [-0.3, -0.25) is 4.68 Å². The third-order valence-corrected chi connectivity index (χ3v) is 2.84. The molecule has 17 heavy (non-hydrogen) atoms. The van der Waals surface area contributed by atoms with E-state index in [2.05, 4.69) is 23.5 Å². The van der Waals surface area contributed by atoms with E-state index in [0.29, 0.717) is 6.04 Å². The fourth-order valence-corrected chi connectivity index (χ4v) is 1.92. The molecule has 1 atom stereocenters. The highest BCUT2D eigenvalue weighted by Crippen LogP contribution is 2.17. The SMILES string of the molecule is CCCn1cc(C(CCCOCC)NC)cn1. The molecular weight excluding hydrogens is 214 g/mol. The van der Waals surface area contributed by atoms with Crippen molar-refractivity contribution in [1.82, 2.24) is 15.1 Å². The fourth-order valence-electron chi connectivity index (χ4n) is 1.92. The molecule has 1 N–H and O–H groups in total. The molecule has 0 bridgehead atoms. The summed E-state index contributed by atoms with van der Waals surface area (Å²) in [4.78, 5) is 0. The fraction of sp³-hybridized carbons (Fsp3) is 0.769. The summed E-state index contributed by atoms with van der Waals surface area (Å²) in [5.74, 6) is 0. The first kappa shape index (κ1) is 14.2. The summed E-state index contributed by atoms with van der Waals surface area (Å²) in [5, 5.41) is 7.71. The molecule has 0 amide bonds. The third kappa shape index (κ3) is 4.88. The summed E-state index contributed by atoms with van der Waals surface area (Å²) < 4.78 is 7.38. The van der Waals surface area contributed by atoms with E-state index in [1.807, 2.05) is 24.9 Å². The molecule has 4 heteroatoms. The van der Waals surface area contributed by atoms with Gasteiger partial charge >= 0.3 is 0 Å². The number of hydrogen-bond donors (Lipinski definition) is 1. The van der Waals surface area contributed by atoms with Crippen molar-refractivity contribution in [3.8, 4) is 0 Å². The smallest absolute Gasteiger partial charge is 0.0537 e. The number of ether oxygens (including phenoxy) is 1. The number of rotatable bonds is 9. The molecule has 1 rings (SSSR count). The van der Waals surface area contributed by atoms with E-state index < -0.39 is 0 Å². The highest BCUT2D eigenvalue weighted by Gasteiger charge is 2.10. The Balaban J connectivity index is 2.42. The van der Waals surface area contributed by atoms with Crippen LogP contribution in [0.5, 0.6) is 0 Å². The first-order valence-electron chi connectivity index (χ1n) is 6.59. The molecule has 1 unspecified atom stereocenters. The minimum absolute atomic E-state index is 0.390. The zero-order valence-corrected chi connectivity index (χ0v) is 11.3. The maximum atomic E-state index is 5.36. The standard InChI is InChI=1S/C13H25N3O/c1-4-8-16-11-12(10-15-16)13(14-3)7-6-9-17-5-2/h10-11,13-14H,4-9H2,1-3H3. The summed E-state index contributed by atoms with van der Waals surface area (Å²) in [5.41, 5.74) is 1.28. The molecular formula is C13H25N3O. The molecule has 1 aromatic rings. The Morgan fingerprint density at radius 2 is 2.29 bits per heavy atom. The monoisotopic (exact) mass is 239 g/mol. The van der Waals surface area contributed by atoms with E-state index in [4.69, 9.17) is 4.74 Å². The van der Waals surface area contributed by atoms with Gasteiger partial charge in [-0.15, -0.1) is 0 Å². The van der Waals surface area contributed by atoms with Gasteiger partial charge in [-0.1, -0.05) is 6.92 Å². The molecule has 0 aliphatic carbocycles. The third-order valence-electron chi connectivity index (χ3n) is 2.84. The predicted octanol–water partition coefficient (Wildman–Crippen LogP) is 2.37. The Kier molecular flexibility index (Phi) is 6.89. The largest absolute Gasteiger partial charge is 0.382 e. The van der Waals surface area contributed by atoms with Crippen molar-refractivity contribution in [2.45, 2.75) is 45.7 Å². The molecule has 0 saturated carbocycles. The van der Waals surface area contributed by atoms with Gasteiger partial charge in [0.1, 0.15) is 0 Å². The zero-order chi connectivity index (χ0) is 12.5. The molecule has 4 nitrogen and oxygen atoms in total. The van der Waals surface area contributed by atoms with Crippen LogP contribution in [0, 0.1) is 0 Å².